The topological polar surface area (TPSA) is 67.9 Å². The van der Waals surface area contributed by atoms with Crippen molar-refractivity contribution in [3.63, 3.8) is 0 Å². The zero-order valence-electron chi connectivity index (χ0n) is 19.6. The van der Waals surface area contributed by atoms with E-state index in [0.29, 0.717) is 31.4 Å². The van der Waals surface area contributed by atoms with E-state index in [2.05, 4.69) is 31.3 Å². The van der Waals surface area contributed by atoms with Crippen LogP contribution in [0.2, 0.25) is 0 Å². The van der Waals surface area contributed by atoms with Gasteiger partial charge in [0.05, 0.1) is 12.6 Å². The molecule has 2 heterocycles. The molecule has 2 saturated carbocycles. The zero-order valence-corrected chi connectivity index (χ0v) is 19.6. The fourth-order valence-electron chi connectivity index (χ4n) is 7.29. The van der Waals surface area contributed by atoms with Gasteiger partial charge in [-0.2, -0.15) is 0 Å². The molecule has 1 N–H and O–H groups in total. The van der Waals surface area contributed by atoms with Crippen LogP contribution in [0.25, 0.3) is 0 Å². The molecule has 1 aromatic rings. The number of amides is 2. The Kier molecular flexibility index (Phi) is 5.47. The lowest BCUT2D eigenvalue weighted by Crippen LogP contribution is -2.58. The molecule has 4 fully saturated rings. The van der Waals surface area contributed by atoms with Gasteiger partial charge in [-0.25, -0.2) is 0 Å². The van der Waals surface area contributed by atoms with Gasteiger partial charge >= 0.3 is 0 Å². The van der Waals surface area contributed by atoms with Crippen molar-refractivity contribution < 1.29 is 19.1 Å². The van der Waals surface area contributed by atoms with E-state index in [1.807, 2.05) is 17.0 Å². The van der Waals surface area contributed by atoms with Crippen LogP contribution in [-0.2, 0) is 14.3 Å². The lowest BCUT2D eigenvalue weighted by Gasteiger charge is -2.53. The Labute approximate surface area is 191 Å². The van der Waals surface area contributed by atoms with E-state index in [9.17, 15) is 9.59 Å². The smallest absolute Gasteiger partial charge is 0.222 e. The first-order valence-electron chi connectivity index (χ1n) is 12.2. The summed E-state index contributed by atoms with van der Waals surface area (Å²) in [5.41, 5.74) is 1.45. The predicted molar refractivity (Wildman–Crippen MR) is 121 cm³/mol. The zero-order chi connectivity index (χ0) is 22.5. The minimum atomic E-state index is 0.0670. The average Bonchev–Trinajstić information content (AvgIpc) is 3.41. The van der Waals surface area contributed by atoms with Crippen LogP contribution in [0.4, 0.5) is 0 Å². The first-order chi connectivity index (χ1) is 15.3. The minimum absolute atomic E-state index is 0.0670. The van der Waals surface area contributed by atoms with Crippen LogP contribution in [0.3, 0.4) is 0 Å². The van der Waals surface area contributed by atoms with Crippen molar-refractivity contribution in [2.24, 2.45) is 22.7 Å². The predicted octanol–water partition coefficient (Wildman–Crippen LogP) is 3.71. The van der Waals surface area contributed by atoms with Crippen LogP contribution >= 0.6 is 0 Å². The molecule has 0 radical (unpaired) electrons. The summed E-state index contributed by atoms with van der Waals surface area (Å²) in [6, 6.07) is 8.51. The third-order valence-corrected chi connectivity index (χ3v) is 8.86. The molecule has 6 nitrogen and oxygen atoms in total. The maximum absolute atomic E-state index is 12.0. The van der Waals surface area contributed by atoms with Gasteiger partial charge in [0.2, 0.25) is 11.8 Å². The van der Waals surface area contributed by atoms with E-state index in [1.54, 1.807) is 6.92 Å². The number of ether oxygens (including phenoxy) is 2. The highest BCUT2D eigenvalue weighted by Crippen LogP contribution is 2.70. The molecular formula is C26H36N2O4. The Hall–Kier alpha value is -2.08. The van der Waals surface area contributed by atoms with Gasteiger partial charge in [0, 0.05) is 32.5 Å². The van der Waals surface area contributed by atoms with Gasteiger partial charge in [-0.15, -0.1) is 0 Å². The second-order valence-electron chi connectivity index (χ2n) is 10.9. The van der Waals surface area contributed by atoms with Crippen LogP contribution in [0.5, 0.6) is 5.75 Å². The SMILES string of the molecule is CC(=O)N[C@H]1C(C)(C)[C@@H]2C[C@@H]3[C@@H](c4ccc(OCCN5CCCC5=O)cc4)OCC[C@@]31C2. The van der Waals surface area contributed by atoms with Crippen molar-refractivity contribution in [2.75, 3.05) is 26.3 Å². The van der Waals surface area contributed by atoms with E-state index in [1.165, 1.54) is 12.0 Å². The van der Waals surface area contributed by atoms with E-state index in [-0.39, 0.29) is 34.8 Å². The number of likely N-dealkylation sites (tertiary alicyclic amines) is 1. The molecule has 2 amide bonds. The quantitative estimate of drug-likeness (QED) is 0.732. The maximum Gasteiger partial charge on any atom is 0.222 e. The van der Waals surface area contributed by atoms with Crippen LogP contribution in [0.1, 0.15) is 64.5 Å². The van der Waals surface area contributed by atoms with Crippen LogP contribution in [0.15, 0.2) is 24.3 Å². The summed E-state index contributed by atoms with van der Waals surface area (Å²) in [5, 5.41) is 3.34. The average molecular weight is 441 g/mol. The number of carbonyl (C=O) groups excluding carboxylic acids is 2. The van der Waals surface area contributed by atoms with Crippen molar-refractivity contribution >= 4 is 11.8 Å². The van der Waals surface area contributed by atoms with Gasteiger partial charge in [-0.05, 0) is 66.0 Å². The first kappa shape index (κ1) is 21.7. The third kappa shape index (κ3) is 3.51. The van der Waals surface area contributed by atoms with Gasteiger partial charge in [0.25, 0.3) is 0 Å². The number of hydrogen-bond donors (Lipinski definition) is 1. The highest BCUT2D eigenvalue weighted by molar-refractivity contribution is 5.78. The Morgan fingerprint density at radius 1 is 1.28 bits per heavy atom. The third-order valence-electron chi connectivity index (χ3n) is 8.86. The van der Waals surface area contributed by atoms with E-state index in [4.69, 9.17) is 9.47 Å². The van der Waals surface area contributed by atoms with Crippen molar-refractivity contribution in [2.45, 2.75) is 65.0 Å². The Morgan fingerprint density at radius 2 is 2.06 bits per heavy atom. The monoisotopic (exact) mass is 440 g/mol. The van der Waals surface area contributed by atoms with Crippen molar-refractivity contribution in [3.8, 4) is 5.75 Å². The molecule has 1 spiro atoms. The molecule has 1 aromatic carbocycles. The summed E-state index contributed by atoms with van der Waals surface area (Å²) in [7, 11) is 0. The lowest BCUT2D eigenvalue weighted by molar-refractivity contribution is -0.136. The fourth-order valence-corrected chi connectivity index (χ4v) is 7.29. The Balaban J connectivity index is 1.27. The molecule has 4 aliphatic rings. The molecule has 2 aliphatic heterocycles. The molecule has 174 valence electrons. The normalized spacial score (nSPS) is 35.1. The van der Waals surface area contributed by atoms with Gasteiger partial charge < -0.3 is 19.7 Å². The number of nitrogens with one attached hydrogen (secondary N) is 1. The van der Waals surface area contributed by atoms with Crippen molar-refractivity contribution in [3.05, 3.63) is 29.8 Å². The Bertz CT molecular complexity index is 882. The minimum Gasteiger partial charge on any atom is -0.492 e. The van der Waals surface area contributed by atoms with Crippen LogP contribution in [0, 0.1) is 22.7 Å². The molecule has 6 heteroatoms. The summed E-state index contributed by atoms with van der Waals surface area (Å²) in [4.78, 5) is 25.7. The molecular weight excluding hydrogens is 404 g/mol. The summed E-state index contributed by atoms with van der Waals surface area (Å²) < 4.78 is 12.2. The number of hydrogen-bond acceptors (Lipinski definition) is 4. The molecule has 5 atom stereocenters. The van der Waals surface area contributed by atoms with Gasteiger partial charge in [-0.3, -0.25) is 9.59 Å². The van der Waals surface area contributed by atoms with Crippen molar-refractivity contribution in [1.82, 2.24) is 10.2 Å². The van der Waals surface area contributed by atoms with E-state index in [0.717, 1.165) is 38.2 Å². The molecule has 2 aliphatic carbocycles. The summed E-state index contributed by atoms with van der Waals surface area (Å²) in [6.45, 7) is 9.06. The van der Waals surface area contributed by atoms with Gasteiger partial charge in [-0.1, -0.05) is 26.0 Å². The molecule has 0 aromatic heterocycles. The number of fused-ring (bicyclic) bond motifs is 1. The molecule has 0 unspecified atom stereocenters. The number of nitrogens with zero attached hydrogens (tertiary/aromatic N) is 1. The number of rotatable bonds is 6. The number of carbonyl (C=O) groups is 2. The van der Waals surface area contributed by atoms with Gasteiger partial charge in [0.1, 0.15) is 12.4 Å². The highest BCUT2D eigenvalue weighted by atomic mass is 16.5. The standard InChI is InChI=1S/C26H36N2O4/c1-17(29)27-24-25(2,3)19-15-21-23(32-13-10-26(21,24)16-19)18-6-8-20(9-7-18)31-14-12-28-11-4-5-22(28)30/h6-9,19,21,23-24H,4-5,10-16H2,1-3H3,(H,27,29)/t19-,21-,23-,24+,26-/m1/s1. The summed E-state index contributed by atoms with van der Waals surface area (Å²) in [5.74, 6) is 2.18. The fraction of sp³-hybridized carbons (Fsp3) is 0.692. The van der Waals surface area contributed by atoms with E-state index >= 15 is 0 Å². The number of benzene rings is 1. The van der Waals surface area contributed by atoms with Gasteiger partial charge in [0.15, 0.2) is 0 Å². The summed E-state index contributed by atoms with van der Waals surface area (Å²) in [6.07, 6.45) is 5.06. The van der Waals surface area contributed by atoms with Crippen LogP contribution in [-0.4, -0.2) is 49.1 Å². The molecule has 2 bridgehead atoms. The van der Waals surface area contributed by atoms with E-state index < -0.39 is 0 Å². The molecule has 32 heavy (non-hydrogen) atoms. The molecule has 5 rings (SSSR count). The first-order valence-corrected chi connectivity index (χ1v) is 12.2. The highest BCUT2D eigenvalue weighted by Gasteiger charge is 2.68. The summed E-state index contributed by atoms with van der Waals surface area (Å²) >= 11 is 0. The second-order valence-corrected chi connectivity index (χ2v) is 10.9. The second kappa shape index (κ2) is 8.05. The largest absolute Gasteiger partial charge is 0.492 e. The Morgan fingerprint density at radius 3 is 2.75 bits per heavy atom. The maximum atomic E-state index is 12.0. The molecule has 2 saturated heterocycles. The lowest BCUT2D eigenvalue weighted by atomic mass is 9.59. The van der Waals surface area contributed by atoms with Crippen LogP contribution < -0.4 is 10.1 Å². The van der Waals surface area contributed by atoms with Crippen molar-refractivity contribution in [1.29, 1.82) is 0 Å².